The van der Waals surface area contributed by atoms with Gasteiger partial charge < -0.3 is 21.3 Å². The number of hydrogen-bond acceptors (Lipinski definition) is 4. The highest BCUT2D eigenvalue weighted by Crippen LogP contribution is 2.12. The number of carbonyl (C=O) groups excluding carboxylic acids is 4. The normalized spacial score (nSPS) is 20.7. The van der Waals surface area contributed by atoms with E-state index in [1.54, 1.807) is 18.2 Å². The van der Waals surface area contributed by atoms with E-state index < -0.39 is 12.1 Å². The Kier molecular flexibility index (Phi) is 18.7. The molecule has 0 aromatic rings. The summed E-state index contributed by atoms with van der Waals surface area (Å²) in [5.41, 5.74) is 0. The number of carbonyl (C=O) groups is 4. The molecule has 0 aliphatic carbocycles. The molecule has 4 N–H and O–H groups in total. The highest BCUT2D eigenvalue weighted by molar-refractivity contribution is 5.94. The lowest BCUT2D eigenvalue weighted by molar-refractivity contribution is -0.128. The first kappa shape index (κ1) is 34.4. The van der Waals surface area contributed by atoms with E-state index in [4.69, 9.17) is 0 Å². The summed E-state index contributed by atoms with van der Waals surface area (Å²) < 4.78 is 0. The molecule has 1 aliphatic rings. The fraction of sp³-hybridized carbons (Fsp3) is 0.742. The Morgan fingerprint density at radius 1 is 0.974 bits per heavy atom. The van der Waals surface area contributed by atoms with Gasteiger partial charge in [0.15, 0.2) is 5.78 Å². The molecule has 0 saturated heterocycles. The van der Waals surface area contributed by atoms with Crippen molar-refractivity contribution in [2.24, 2.45) is 11.8 Å². The summed E-state index contributed by atoms with van der Waals surface area (Å²) in [6.07, 6.45) is 20.2. The van der Waals surface area contributed by atoms with Crippen LogP contribution >= 0.6 is 0 Å². The molecule has 0 aromatic carbocycles. The number of ketones is 1. The van der Waals surface area contributed by atoms with E-state index >= 15 is 0 Å². The lowest BCUT2D eigenvalue weighted by Gasteiger charge is -2.23. The lowest BCUT2D eigenvalue weighted by Crippen LogP contribution is -2.53. The highest BCUT2D eigenvalue weighted by Gasteiger charge is 2.26. The molecule has 222 valence electrons. The Balaban J connectivity index is 2.53. The van der Waals surface area contributed by atoms with Gasteiger partial charge in [-0.25, -0.2) is 4.79 Å². The van der Waals surface area contributed by atoms with Gasteiger partial charge in [0.1, 0.15) is 12.1 Å². The van der Waals surface area contributed by atoms with Gasteiger partial charge >= 0.3 is 6.03 Å². The zero-order valence-electron chi connectivity index (χ0n) is 24.9. The minimum absolute atomic E-state index is 0.133. The predicted molar refractivity (Wildman–Crippen MR) is 158 cm³/mol. The summed E-state index contributed by atoms with van der Waals surface area (Å²) in [5, 5.41) is 11.3. The molecule has 0 saturated carbocycles. The second-order valence-electron chi connectivity index (χ2n) is 11.3. The maximum absolute atomic E-state index is 13.2. The number of rotatable bonds is 16. The van der Waals surface area contributed by atoms with Crippen molar-refractivity contribution in [3.63, 3.8) is 0 Å². The minimum atomic E-state index is -0.783. The van der Waals surface area contributed by atoms with E-state index in [-0.39, 0.29) is 41.9 Å². The zero-order chi connectivity index (χ0) is 28.9. The van der Waals surface area contributed by atoms with Gasteiger partial charge in [0.05, 0.1) is 0 Å². The topological polar surface area (TPSA) is 116 Å². The standard InChI is InChI=1S/C31H54N4O4/c1-5-6-7-8-9-10-11-12-13-15-21-33-31(39)35-27(22-24(2)3)30(38)34-26-17-14-16-20-32-29(37)19-18-25(4)23-28(26)36/h14,17-19,24-27H,5-13,15-16,20-23H2,1-4H3,(H,32,37)(H,34,38)(H2,33,35,39)/b17-14+,19-18+/t25-,26-,27?/m0/s1. The van der Waals surface area contributed by atoms with Crippen LogP contribution in [0.2, 0.25) is 0 Å². The first-order chi connectivity index (χ1) is 18.7. The number of allylic oxidation sites excluding steroid dienone is 1. The molecule has 0 fully saturated rings. The number of urea groups is 1. The van der Waals surface area contributed by atoms with Gasteiger partial charge in [0, 0.05) is 19.5 Å². The Labute approximate surface area is 236 Å². The molecule has 0 spiro atoms. The van der Waals surface area contributed by atoms with E-state index in [1.807, 2.05) is 20.8 Å². The van der Waals surface area contributed by atoms with Crippen molar-refractivity contribution in [1.82, 2.24) is 21.3 Å². The third-order valence-electron chi connectivity index (χ3n) is 6.83. The number of unbranched alkanes of at least 4 members (excludes halogenated alkanes) is 9. The van der Waals surface area contributed by atoms with Gasteiger partial charge in [-0.3, -0.25) is 14.4 Å². The average molecular weight is 547 g/mol. The summed E-state index contributed by atoms with van der Waals surface area (Å²) in [5.74, 6) is -0.644. The fourth-order valence-electron chi connectivity index (χ4n) is 4.55. The molecule has 0 bridgehead atoms. The van der Waals surface area contributed by atoms with Crippen molar-refractivity contribution in [3.05, 3.63) is 24.3 Å². The maximum atomic E-state index is 13.2. The van der Waals surface area contributed by atoms with Crippen molar-refractivity contribution < 1.29 is 19.2 Å². The molecule has 1 heterocycles. The molecule has 3 atom stereocenters. The van der Waals surface area contributed by atoms with Crippen LogP contribution in [0.15, 0.2) is 24.3 Å². The van der Waals surface area contributed by atoms with Crippen molar-refractivity contribution in [2.45, 2.75) is 123 Å². The van der Waals surface area contributed by atoms with E-state index in [9.17, 15) is 19.2 Å². The van der Waals surface area contributed by atoms with Gasteiger partial charge in [-0.05, 0) is 37.2 Å². The number of amides is 4. The molecule has 1 aliphatic heterocycles. The molecular weight excluding hydrogens is 492 g/mol. The molecule has 1 rings (SSSR count). The fourth-order valence-corrected chi connectivity index (χ4v) is 4.55. The van der Waals surface area contributed by atoms with Crippen LogP contribution in [0.5, 0.6) is 0 Å². The van der Waals surface area contributed by atoms with Crippen molar-refractivity contribution in [2.75, 3.05) is 13.1 Å². The van der Waals surface area contributed by atoms with Gasteiger partial charge in [-0.1, -0.05) is 104 Å². The number of hydrogen-bond donors (Lipinski definition) is 4. The van der Waals surface area contributed by atoms with Crippen LogP contribution in [0, 0.1) is 11.8 Å². The second kappa shape index (κ2) is 21.2. The monoisotopic (exact) mass is 546 g/mol. The predicted octanol–water partition coefficient (Wildman–Crippen LogP) is 5.33. The van der Waals surface area contributed by atoms with Crippen LogP contribution in [-0.4, -0.2) is 48.8 Å². The Morgan fingerprint density at radius 3 is 2.26 bits per heavy atom. The summed E-state index contributed by atoms with van der Waals surface area (Å²) in [6, 6.07) is -1.88. The molecule has 39 heavy (non-hydrogen) atoms. The van der Waals surface area contributed by atoms with E-state index in [2.05, 4.69) is 28.2 Å². The third-order valence-corrected chi connectivity index (χ3v) is 6.83. The van der Waals surface area contributed by atoms with Crippen LogP contribution in [0.4, 0.5) is 4.79 Å². The van der Waals surface area contributed by atoms with Gasteiger partial charge in [-0.2, -0.15) is 0 Å². The van der Waals surface area contributed by atoms with Crippen molar-refractivity contribution in [3.8, 4) is 0 Å². The van der Waals surface area contributed by atoms with Gasteiger partial charge in [0.25, 0.3) is 0 Å². The summed E-state index contributed by atoms with van der Waals surface area (Å²) in [6.45, 7) is 9.10. The van der Waals surface area contributed by atoms with Crippen LogP contribution in [0.25, 0.3) is 0 Å². The third kappa shape index (κ3) is 17.5. The van der Waals surface area contributed by atoms with Crippen LogP contribution < -0.4 is 21.3 Å². The molecular formula is C31H54N4O4. The Hall–Kier alpha value is -2.64. The Morgan fingerprint density at radius 2 is 1.62 bits per heavy atom. The van der Waals surface area contributed by atoms with Gasteiger partial charge in [-0.15, -0.1) is 0 Å². The summed E-state index contributed by atoms with van der Waals surface area (Å²) in [7, 11) is 0. The van der Waals surface area contributed by atoms with Crippen LogP contribution in [0.3, 0.4) is 0 Å². The molecule has 8 heteroatoms. The van der Waals surface area contributed by atoms with Crippen molar-refractivity contribution in [1.29, 1.82) is 0 Å². The first-order valence-corrected chi connectivity index (χ1v) is 15.2. The molecule has 0 radical (unpaired) electrons. The van der Waals surface area contributed by atoms with Crippen molar-refractivity contribution >= 4 is 23.6 Å². The van der Waals surface area contributed by atoms with Crippen LogP contribution in [-0.2, 0) is 14.4 Å². The molecule has 1 unspecified atom stereocenters. The quantitative estimate of drug-likeness (QED) is 0.155. The molecule has 8 nitrogen and oxygen atoms in total. The second-order valence-corrected chi connectivity index (χ2v) is 11.3. The summed E-state index contributed by atoms with van der Waals surface area (Å²) in [4.78, 5) is 50.4. The summed E-state index contributed by atoms with van der Waals surface area (Å²) >= 11 is 0. The molecule has 0 aromatic heterocycles. The van der Waals surface area contributed by atoms with Crippen LogP contribution in [0.1, 0.15) is 111 Å². The first-order valence-electron chi connectivity index (χ1n) is 15.2. The minimum Gasteiger partial charge on any atom is -0.352 e. The van der Waals surface area contributed by atoms with E-state index in [0.29, 0.717) is 25.9 Å². The van der Waals surface area contributed by atoms with Gasteiger partial charge in [0.2, 0.25) is 11.8 Å². The largest absolute Gasteiger partial charge is 0.352 e. The van der Waals surface area contributed by atoms with E-state index in [1.165, 1.54) is 57.4 Å². The Bertz CT molecular complexity index is 793. The SMILES string of the molecule is CCCCCCCCCCCCNC(=O)NC(CC(C)C)C(=O)N[C@H]1/C=C/CCNC(=O)/C=C/[C@H](C)CC1=O. The smallest absolute Gasteiger partial charge is 0.315 e. The zero-order valence-corrected chi connectivity index (χ0v) is 24.9. The van der Waals surface area contributed by atoms with E-state index in [0.717, 1.165) is 12.8 Å². The average Bonchev–Trinajstić information content (AvgIpc) is 2.88. The lowest BCUT2D eigenvalue weighted by atomic mass is 9.97. The maximum Gasteiger partial charge on any atom is 0.315 e. The number of nitrogens with one attached hydrogen (secondary N) is 4. The molecule has 4 amide bonds. The number of Topliss-reactive ketones (excluding diaryl/α,β-unsaturated/α-hetero) is 1. The highest BCUT2D eigenvalue weighted by atomic mass is 16.2.